The Labute approximate surface area is 164 Å². The minimum Gasteiger partial charge on any atom is -0.383 e. The smallest absolute Gasteiger partial charge is 0.325 e. The molecule has 1 aromatic rings. The van der Waals surface area contributed by atoms with Crippen molar-refractivity contribution in [3.8, 4) is 0 Å². The van der Waals surface area contributed by atoms with Gasteiger partial charge in [-0.05, 0) is 33.1 Å². The molecule has 0 radical (unpaired) electrons. The van der Waals surface area contributed by atoms with Crippen molar-refractivity contribution in [3.05, 3.63) is 11.9 Å². The average Bonchev–Trinajstić information content (AvgIpc) is 3.20. The Morgan fingerprint density at radius 2 is 2.00 bits per heavy atom. The number of likely N-dealkylation sites (tertiary alicyclic amines) is 1. The third kappa shape index (κ3) is 4.32. The molecule has 0 aliphatic carbocycles. The molecule has 10 nitrogen and oxygen atoms in total. The lowest BCUT2D eigenvalue weighted by molar-refractivity contribution is -0.141. The van der Waals surface area contributed by atoms with Crippen LogP contribution in [0.1, 0.15) is 38.8 Å². The third-order valence-corrected chi connectivity index (χ3v) is 5.41. The molecule has 0 aromatic carbocycles. The van der Waals surface area contributed by atoms with E-state index in [2.05, 4.69) is 15.6 Å². The average molecular weight is 392 g/mol. The summed E-state index contributed by atoms with van der Waals surface area (Å²) >= 11 is 0. The van der Waals surface area contributed by atoms with Gasteiger partial charge in [0.1, 0.15) is 12.6 Å². The van der Waals surface area contributed by atoms with E-state index in [1.165, 1.54) is 0 Å². The Kier molecular flexibility index (Phi) is 6.28. The molecule has 0 unspecified atom stereocenters. The number of nitrogens with one attached hydrogen (secondary N) is 1. The zero-order chi connectivity index (χ0) is 20.3. The summed E-state index contributed by atoms with van der Waals surface area (Å²) in [7, 11) is 1.60. The van der Waals surface area contributed by atoms with Crippen LogP contribution in [0.3, 0.4) is 0 Å². The van der Waals surface area contributed by atoms with Crippen molar-refractivity contribution in [2.75, 3.05) is 20.3 Å². The van der Waals surface area contributed by atoms with Gasteiger partial charge >= 0.3 is 6.03 Å². The van der Waals surface area contributed by atoms with E-state index in [0.29, 0.717) is 18.8 Å². The van der Waals surface area contributed by atoms with Crippen LogP contribution in [-0.4, -0.2) is 81.0 Å². The normalized spacial score (nSPS) is 25.3. The Morgan fingerprint density at radius 3 is 2.68 bits per heavy atom. The number of rotatable bonds is 7. The molecule has 2 fully saturated rings. The minimum atomic E-state index is -0.732. The number of hydrogen-bond acceptors (Lipinski definition) is 6. The molecule has 0 saturated carbocycles. The number of hydrogen-bond donors (Lipinski definition) is 1. The first kappa shape index (κ1) is 20.2. The summed E-state index contributed by atoms with van der Waals surface area (Å²) in [5.41, 5.74) is 0.598. The summed E-state index contributed by atoms with van der Waals surface area (Å²) in [5, 5.41) is 10.7. The number of carbonyl (C=O) groups excluding carboxylic acids is 3. The van der Waals surface area contributed by atoms with E-state index < -0.39 is 18.0 Å². The number of nitrogens with zero attached hydrogens (tertiary/aromatic N) is 5. The Morgan fingerprint density at radius 1 is 1.29 bits per heavy atom. The SMILES string of the molecule is COCCn1cc(C[C@H]2NC(=O)N(CC(=O)N3[C@H](C)CCC[C@@H]3C)C2=O)nn1. The topological polar surface area (TPSA) is 110 Å². The highest BCUT2D eigenvalue weighted by Gasteiger charge is 2.41. The van der Waals surface area contributed by atoms with Crippen LogP contribution >= 0.6 is 0 Å². The first-order valence-electron chi connectivity index (χ1n) is 9.71. The number of urea groups is 1. The summed E-state index contributed by atoms with van der Waals surface area (Å²) in [6, 6.07) is -1.03. The number of carbonyl (C=O) groups is 3. The highest BCUT2D eigenvalue weighted by molar-refractivity contribution is 6.06. The second-order valence-electron chi connectivity index (χ2n) is 7.53. The molecule has 2 aliphatic heterocycles. The summed E-state index contributed by atoms with van der Waals surface area (Å²) in [6.07, 6.45) is 4.93. The molecule has 10 heteroatoms. The zero-order valence-corrected chi connectivity index (χ0v) is 16.6. The molecule has 1 aromatic heterocycles. The Bertz CT molecular complexity index is 725. The van der Waals surface area contributed by atoms with Gasteiger partial charge in [0.25, 0.3) is 5.91 Å². The van der Waals surface area contributed by atoms with E-state index in [-0.39, 0.29) is 31.0 Å². The van der Waals surface area contributed by atoms with Crippen LogP contribution in [-0.2, 0) is 27.3 Å². The minimum absolute atomic E-state index is 0.120. The van der Waals surface area contributed by atoms with Crippen molar-refractivity contribution in [2.24, 2.45) is 0 Å². The number of piperidine rings is 1. The Hall–Kier alpha value is -2.49. The van der Waals surface area contributed by atoms with Crippen LogP contribution in [0.4, 0.5) is 4.79 Å². The van der Waals surface area contributed by atoms with Gasteiger partial charge in [0.05, 0.1) is 18.8 Å². The molecule has 28 heavy (non-hydrogen) atoms. The van der Waals surface area contributed by atoms with Gasteiger partial charge < -0.3 is 15.0 Å². The molecule has 2 aliphatic rings. The fraction of sp³-hybridized carbons (Fsp3) is 0.722. The van der Waals surface area contributed by atoms with Crippen molar-refractivity contribution >= 4 is 17.8 Å². The van der Waals surface area contributed by atoms with Crippen LogP contribution in [0.2, 0.25) is 0 Å². The van der Waals surface area contributed by atoms with Gasteiger partial charge in [0.2, 0.25) is 5.91 Å². The van der Waals surface area contributed by atoms with E-state index in [9.17, 15) is 14.4 Å². The van der Waals surface area contributed by atoms with Gasteiger partial charge in [-0.15, -0.1) is 5.10 Å². The summed E-state index contributed by atoms with van der Waals surface area (Å²) in [6.45, 7) is 4.85. The molecular weight excluding hydrogens is 364 g/mol. The molecule has 0 spiro atoms. The maximum absolute atomic E-state index is 12.7. The molecular formula is C18H28N6O4. The van der Waals surface area contributed by atoms with E-state index in [4.69, 9.17) is 4.74 Å². The molecule has 2 saturated heterocycles. The van der Waals surface area contributed by atoms with Crippen LogP contribution in [0.15, 0.2) is 6.20 Å². The van der Waals surface area contributed by atoms with Gasteiger partial charge in [0.15, 0.2) is 0 Å². The molecule has 4 amide bonds. The van der Waals surface area contributed by atoms with Crippen molar-refractivity contribution in [2.45, 2.75) is 64.2 Å². The van der Waals surface area contributed by atoms with Gasteiger partial charge in [-0.2, -0.15) is 0 Å². The summed E-state index contributed by atoms with van der Waals surface area (Å²) in [5.74, 6) is -0.587. The quantitative estimate of drug-likeness (QED) is 0.663. The van der Waals surface area contributed by atoms with Gasteiger partial charge in [-0.1, -0.05) is 5.21 Å². The first-order valence-corrected chi connectivity index (χ1v) is 9.71. The van der Waals surface area contributed by atoms with Gasteiger partial charge in [0, 0.05) is 31.8 Å². The third-order valence-electron chi connectivity index (χ3n) is 5.41. The highest BCUT2D eigenvalue weighted by Crippen LogP contribution is 2.23. The molecule has 3 heterocycles. The molecule has 1 N–H and O–H groups in total. The van der Waals surface area contributed by atoms with Crippen molar-refractivity contribution < 1.29 is 19.1 Å². The Balaban J connectivity index is 1.60. The second kappa shape index (κ2) is 8.68. The predicted octanol–water partition coefficient (Wildman–Crippen LogP) is 0.177. The lowest BCUT2D eigenvalue weighted by Crippen LogP contribution is -2.52. The fourth-order valence-corrected chi connectivity index (χ4v) is 3.93. The van der Waals surface area contributed by atoms with Crippen LogP contribution in [0.25, 0.3) is 0 Å². The van der Waals surface area contributed by atoms with Crippen LogP contribution < -0.4 is 5.32 Å². The maximum atomic E-state index is 12.7. The number of amides is 4. The van der Waals surface area contributed by atoms with Gasteiger partial charge in [-0.25, -0.2) is 9.48 Å². The largest absolute Gasteiger partial charge is 0.383 e. The summed E-state index contributed by atoms with van der Waals surface area (Å²) < 4.78 is 6.62. The van der Waals surface area contributed by atoms with E-state index in [1.54, 1.807) is 22.9 Å². The highest BCUT2D eigenvalue weighted by atomic mass is 16.5. The molecule has 0 bridgehead atoms. The van der Waals surface area contributed by atoms with E-state index in [1.807, 2.05) is 13.8 Å². The first-order chi connectivity index (χ1) is 13.4. The van der Waals surface area contributed by atoms with Crippen molar-refractivity contribution in [1.82, 2.24) is 30.1 Å². The molecule has 3 atom stereocenters. The van der Waals surface area contributed by atoms with Crippen molar-refractivity contribution in [3.63, 3.8) is 0 Å². The van der Waals surface area contributed by atoms with Crippen LogP contribution in [0, 0.1) is 0 Å². The predicted molar refractivity (Wildman–Crippen MR) is 99.3 cm³/mol. The standard InChI is InChI=1S/C18H28N6O4/c1-12-5-4-6-13(2)24(12)16(25)11-23-17(26)15(19-18(23)27)9-14-10-22(21-20-14)7-8-28-3/h10,12-13,15H,4-9,11H2,1-3H3,(H,19,27)/t12-,13+,15-/m1/s1. The molecule has 3 rings (SSSR count). The number of aromatic nitrogens is 3. The van der Waals surface area contributed by atoms with Crippen molar-refractivity contribution in [1.29, 1.82) is 0 Å². The van der Waals surface area contributed by atoms with Gasteiger partial charge in [-0.3, -0.25) is 14.5 Å². The summed E-state index contributed by atoms with van der Waals surface area (Å²) in [4.78, 5) is 40.5. The lowest BCUT2D eigenvalue weighted by Gasteiger charge is -2.39. The second-order valence-corrected chi connectivity index (χ2v) is 7.53. The number of imide groups is 1. The zero-order valence-electron chi connectivity index (χ0n) is 16.6. The number of ether oxygens (including phenoxy) is 1. The fourth-order valence-electron chi connectivity index (χ4n) is 3.93. The van der Waals surface area contributed by atoms with Crippen LogP contribution in [0.5, 0.6) is 0 Å². The van der Waals surface area contributed by atoms with E-state index >= 15 is 0 Å². The monoisotopic (exact) mass is 392 g/mol. The molecule has 154 valence electrons. The number of methoxy groups -OCH3 is 1. The van der Waals surface area contributed by atoms with E-state index in [0.717, 1.165) is 24.2 Å². The maximum Gasteiger partial charge on any atom is 0.325 e. The lowest BCUT2D eigenvalue weighted by atomic mass is 9.97.